The van der Waals surface area contributed by atoms with Crippen LogP contribution in [0.15, 0.2) is 30.3 Å². The molecule has 19 heavy (non-hydrogen) atoms. The van der Waals surface area contributed by atoms with Crippen LogP contribution >= 0.6 is 0 Å². The zero-order valence-corrected chi connectivity index (χ0v) is 11.3. The number of nitrogens with zero attached hydrogens (tertiary/aromatic N) is 2. The summed E-state index contributed by atoms with van der Waals surface area (Å²) in [4.78, 5) is 8.50. The molecule has 1 aromatic heterocycles. The molecule has 2 rings (SSSR count). The fourth-order valence-corrected chi connectivity index (χ4v) is 1.54. The number of nitrogens with two attached hydrogens (primary N) is 1. The number of anilines is 1. The van der Waals surface area contributed by atoms with Gasteiger partial charge in [-0.2, -0.15) is 4.98 Å². The van der Waals surface area contributed by atoms with E-state index in [-0.39, 0.29) is 5.92 Å². The third kappa shape index (κ3) is 3.34. The Morgan fingerprint density at radius 1 is 1.05 bits per heavy atom. The lowest BCUT2D eigenvalue weighted by molar-refractivity contribution is 0.412. The summed E-state index contributed by atoms with van der Waals surface area (Å²) in [6, 6.07) is 8.88. The maximum absolute atomic E-state index is 5.75. The van der Waals surface area contributed by atoms with E-state index in [9.17, 15) is 0 Å². The third-order valence-electron chi connectivity index (χ3n) is 2.54. The van der Waals surface area contributed by atoms with E-state index in [0.29, 0.717) is 23.3 Å². The van der Waals surface area contributed by atoms with Crippen molar-refractivity contribution in [2.75, 3.05) is 12.8 Å². The standard InChI is InChI=1S/C14H17N3O2/c1-9(2)14-16-12(15)8-13(17-14)19-11-6-4-10(18-3)5-7-11/h4-9H,1-3H3,(H2,15,16,17). The number of methoxy groups -OCH3 is 1. The summed E-state index contributed by atoms with van der Waals surface area (Å²) in [6.45, 7) is 4.01. The van der Waals surface area contributed by atoms with Crippen molar-refractivity contribution in [1.29, 1.82) is 0 Å². The molecule has 0 amide bonds. The van der Waals surface area contributed by atoms with Crippen LogP contribution in [0.25, 0.3) is 0 Å². The van der Waals surface area contributed by atoms with Gasteiger partial charge in [0.1, 0.15) is 23.1 Å². The van der Waals surface area contributed by atoms with Crippen molar-refractivity contribution in [3.8, 4) is 17.4 Å². The van der Waals surface area contributed by atoms with E-state index in [2.05, 4.69) is 9.97 Å². The largest absolute Gasteiger partial charge is 0.497 e. The van der Waals surface area contributed by atoms with Crippen LogP contribution in [0.1, 0.15) is 25.6 Å². The second-order valence-electron chi connectivity index (χ2n) is 4.42. The SMILES string of the molecule is COc1ccc(Oc2cc(N)nc(C(C)C)n2)cc1. The monoisotopic (exact) mass is 259 g/mol. The van der Waals surface area contributed by atoms with Gasteiger partial charge in [0.25, 0.3) is 0 Å². The van der Waals surface area contributed by atoms with E-state index in [1.54, 1.807) is 13.2 Å². The van der Waals surface area contributed by atoms with Gasteiger partial charge in [-0.05, 0) is 24.3 Å². The summed E-state index contributed by atoms with van der Waals surface area (Å²) in [6.07, 6.45) is 0. The first-order chi connectivity index (χ1) is 9.08. The van der Waals surface area contributed by atoms with Crippen molar-refractivity contribution < 1.29 is 9.47 Å². The summed E-state index contributed by atoms with van der Waals surface area (Å²) in [5, 5.41) is 0. The van der Waals surface area contributed by atoms with Gasteiger partial charge in [-0.1, -0.05) is 13.8 Å². The van der Waals surface area contributed by atoms with Crippen LogP contribution in [-0.4, -0.2) is 17.1 Å². The topological polar surface area (TPSA) is 70.3 Å². The molecule has 5 heteroatoms. The van der Waals surface area contributed by atoms with E-state index in [0.717, 1.165) is 5.75 Å². The lowest BCUT2D eigenvalue weighted by Crippen LogP contribution is -2.02. The molecular weight excluding hydrogens is 242 g/mol. The van der Waals surface area contributed by atoms with Gasteiger partial charge >= 0.3 is 0 Å². The highest BCUT2D eigenvalue weighted by molar-refractivity contribution is 5.37. The van der Waals surface area contributed by atoms with Gasteiger partial charge in [-0.15, -0.1) is 0 Å². The normalized spacial score (nSPS) is 10.5. The van der Waals surface area contributed by atoms with Crippen LogP contribution in [0, 0.1) is 0 Å². The number of nitrogen functional groups attached to an aromatic ring is 1. The van der Waals surface area contributed by atoms with Crippen LogP contribution in [-0.2, 0) is 0 Å². The van der Waals surface area contributed by atoms with Gasteiger partial charge in [-0.3, -0.25) is 0 Å². The fraction of sp³-hybridized carbons (Fsp3) is 0.286. The number of benzene rings is 1. The van der Waals surface area contributed by atoms with Crippen LogP contribution in [0.4, 0.5) is 5.82 Å². The van der Waals surface area contributed by atoms with E-state index in [4.69, 9.17) is 15.2 Å². The Hall–Kier alpha value is -2.30. The van der Waals surface area contributed by atoms with Gasteiger partial charge in [0.2, 0.25) is 5.88 Å². The number of ether oxygens (including phenoxy) is 2. The molecule has 0 fully saturated rings. The van der Waals surface area contributed by atoms with E-state index < -0.39 is 0 Å². The molecule has 2 aromatic rings. The minimum Gasteiger partial charge on any atom is -0.497 e. The van der Waals surface area contributed by atoms with Crippen molar-refractivity contribution in [2.45, 2.75) is 19.8 Å². The minimum atomic E-state index is 0.196. The molecular formula is C14H17N3O2. The molecule has 0 aliphatic rings. The number of aromatic nitrogens is 2. The van der Waals surface area contributed by atoms with Crippen LogP contribution in [0.2, 0.25) is 0 Å². The summed E-state index contributed by atoms with van der Waals surface area (Å²) in [5.74, 6) is 3.17. The molecule has 2 N–H and O–H groups in total. The lowest BCUT2D eigenvalue weighted by atomic mass is 10.2. The molecule has 0 atom stereocenters. The van der Waals surface area contributed by atoms with Crippen molar-refractivity contribution in [3.05, 3.63) is 36.2 Å². The maximum Gasteiger partial charge on any atom is 0.224 e. The Kier molecular flexibility index (Phi) is 3.85. The average molecular weight is 259 g/mol. The average Bonchev–Trinajstić information content (AvgIpc) is 2.39. The van der Waals surface area contributed by atoms with Crippen LogP contribution in [0.5, 0.6) is 17.4 Å². The predicted octanol–water partition coefficient (Wildman–Crippen LogP) is 2.98. The molecule has 100 valence electrons. The predicted molar refractivity (Wildman–Crippen MR) is 73.6 cm³/mol. The van der Waals surface area contributed by atoms with Crippen LogP contribution < -0.4 is 15.2 Å². The summed E-state index contributed by atoms with van der Waals surface area (Å²) < 4.78 is 10.8. The molecule has 0 radical (unpaired) electrons. The summed E-state index contributed by atoms with van der Waals surface area (Å²) in [7, 11) is 1.62. The molecule has 1 heterocycles. The fourth-order valence-electron chi connectivity index (χ4n) is 1.54. The Balaban J connectivity index is 2.22. The molecule has 0 aliphatic carbocycles. The molecule has 0 saturated heterocycles. The molecule has 1 aromatic carbocycles. The van der Waals surface area contributed by atoms with E-state index in [1.165, 1.54) is 0 Å². The van der Waals surface area contributed by atoms with Gasteiger partial charge in [0.05, 0.1) is 7.11 Å². The van der Waals surface area contributed by atoms with Gasteiger partial charge in [-0.25, -0.2) is 4.98 Å². The van der Waals surface area contributed by atoms with E-state index >= 15 is 0 Å². The Bertz CT molecular complexity index is 553. The zero-order valence-electron chi connectivity index (χ0n) is 11.3. The molecule has 0 saturated carbocycles. The molecule has 0 unspecified atom stereocenters. The molecule has 0 bridgehead atoms. The Labute approximate surface area is 112 Å². The molecule has 5 nitrogen and oxygen atoms in total. The number of hydrogen-bond acceptors (Lipinski definition) is 5. The lowest BCUT2D eigenvalue weighted by Gasteiger charge is -2.09. The van der Waals surface area contributed by atoms with Crippen molar-refractivity contribution in [2.24, 2.45) is 0 Å². The van der Waals surface area contributed by atoms with Crippen molar-refractivity contribution in [1.82, 2.24) is 9.97 Å². The highest BCUT2D eigenvalue weighted by Gasteiger charge is 2.08. The first-order valence-corrected chi connectivity index (χ1v) is 6.05. The second kappa shape index (κ2) is 5.56. The first kappa shape index (κ1) is 13.1. The first-order valence-electron chi connectivity index (χ1n) is 6.05. The van der Waals surface area contributed by atoms with Crippen molar-refractivity contribution in [3.63, 3.8) is 0 Å². The maximum atomic E-state index is 5.75. The third-order valence-corrected chi connectivity index (χ3v) is 2.54. The molecule has 0 aliphatic heterocycles. The van der Waals surface area contributed by atoms with Gasteiger partial charge < -0.3 is 15.2 Å². The minimum absolute atomic E-state index is 0.196. The quantitative estimate of drug-likeness (QED) is 0.914. The summed E-state index contributed by atoms with van der Waals surface area (Å²) in [5.41, 5.74) is 5.75. The number of hydrogen-bond donors (Lipinski definition) is 1. The van der Waals surface area contributed by atoms with Crippen molar-refractivity contribution >= 4 is 5.82 Å². The van der Waals surface area contributed by atoms with Crippen LogP contribution in [0.3, 0.4) is 0 Å². The van der Waals surface area contributed by atoms with E-state index in [1.807, 2.05) is 38.1 Å². The highest BCUT2D eigenvalue weighted by Crippen LogP contribution is 2.24. The summed E-state index contributed by atoms with van der Waals surface area (Å²) >= 11 is 0. The number of rotatable bonds is 4. The zero-order chi connectivity index (χ0) is 13.8. The smallest absolute Gasteiger partial charge is 0.224 e. The highest BCUT2D eigenvalue weighted by atomic mass is 16.5. The Morgan fingerprint density at radius 3 is 2.26 bits per heavy atom. The molecule has 0 spiro atoms. The second-order valence-corrected chi connectivity index (χ2v) is 4.42. The van der Waals surface area contributed by atoms with Gasteiger partial charge in [0, 0.05) is 12.0 Å². The Morgan fingerprint density at radius 2 is 1.68 bits per heavy atom. The van der Waals surface area contributed by atoms with Gasteiger partial charge in [0.15, 0.2) is 0 Å².